The Labute approximate surface area is 174 Å². The fourth-order valence-corrected chi connectivity index (χ4v) is 3.66. The number of carbonyl (C=O) groups excluding carboxylic acids is 1. The number of nitrogens with one attached hydrogen (secondary N) is 1. The minimum Gasteiger partial charge on any atom is -0.446 e. The molecule has 150 valence electrons. The fourth-order valence-electron chi connectivity index (χ4n) is 3.47. The van der Waals surface area contributed by atoms with Gasteiger partial charge in [-0.2, -0.15) is 0 Å². The molecule has 1 saturated heterocycles. The third-order valence-electron chi connectivity index (χ3n) is 4.93. The maximum Gasteiger partial charge on any atom is 0.271 e. The molecule has 1 aromatic carbocycles. The van der Waals surface area contributed by atoms with Gasteiger partial charge in [0.2, 0.25) is 5.89 Å². The number of amides is 1. The van der Waals surface area contributed by atoms with E-state index in [2.05, 4.69) is 10.3 Å². The van der Waals surface area contributed by atoms with Gasteiger partial charge in [-0.25, -0.2) is 9.97 Å². The van der Waals surface area contributed by atoms with Crippen LogP contribution in [0.5, 0.6) is 0 Å². The Morgan fingerprint density at radius 3 is 2.83 bits per heavy atom. The predicted molar refractivity (Wildman–Crippen MR) is 110 cm³/mol. The second-order valence-corrected chi connectivity index (χ2v) is 8.00. The summed E-state index contributed by atoms with van der Waals surface area (Å²) in [6.45, 7) is 4.36. The van der Waals surface area contributed by atoms with E-state index in [4.69, 9.17) is 25.7 Å². The molecular formula is C22H22ClN3O3. The normalized spacial score (nSPS) is 16.7. The Morgan fingerprint density at radius 1 is 1.28 bits per heavy atom. The molecule has 1 unspecified atom stereocenters. The highest BCUT2D eigenvalue weighted by molar-refractivity contribution is 6.30. The minimum absolute atomic E-state index is 0.137. The summed E-state index contributed by atoms with van der Waals surface area (Å²) in [4.78, 5) is 22.1. The molecule has 0 bridgehead atoms. The molecule has 6 nitrogen and oxygen atoms in total. The first-order chi connectivity index (χ1) is 13.9. The number of ether oxygens (including phenoxy) is 1. The summed E-state index contributed by atoms with van der Waals surface area (Å²) >= 11 is 6.13. The monoisotopic (exact) mass is 411 g/mol. The fraction of sp³-hybridized carbons (Fsp3) is 0.318. The summed E-state index contributed by atoms with van der Waals surface area (Å²) in [5, 5.41) is 3.60. The second kappa shape index (κ2) is 7.97. The van der Waals surface area contributed by atoms with Crippen LogP contribution in [0.25, 0.3) is 11.3 Å². The highest BCUT2D eigenvalue weighted by atomic mass is 35.5. The van der Waals surface area contributed by atoms with Gasteiger partial charge in [0.25, 0.3) is 5.91 Å². The largest absolute Gasteiger partial charge is 0.446 e. The van der Waals surface area contributed by atoms with Crippen LogP contribution in [0.1, 0.15) is 54.7 Å². The number of hydrogen-bond donors (Lipinski definition) is 1. The van der Waals surface area contributed by atoms with E-state index >= 15 is 0 Å². The number of pyridine rings is 1. The Hall–Kier alpha value is -2.70. The van der Waals surface area contributed by atoms with Gasteiger partial charge in [0.05, 0.1) is 18.0 Å². The van der Waals surface area contributed by atoms with Crippen molar-refractivity contribution < 1.29 is 13.9 Å². The summed E-state index contributed by atoms with van der Waals surface area (Å²) < 4.78 is 11.2. The topological polar surface area (TPSA) is 77.2 Å². The lowest BCUT2D eigenvalue weighted by Gasteiger charge is -2.24. The molecule has 3 aromatic rings. The maximum atomic E-state index is 13.3. The van der Waals surface area contributed by atoms with Crippen LogP contribution in [0.4, 0.5) is 0 Å². The molecule has 0 aliphatic carbocycles. The summed E-state index contributed by atoms with van der Waals surface area (Å²) in [6.07, 6.45) is 4.73. The van der Waals surface area contributed by atoms with Crippen LogP contribution in [0.3, 0.4) is 0 Å². The van der Waals surface area contributed by atoms with Crippen molar-refractivity contribution in [2.24, 2.45) is 0 Å². The highest BCUT2D eigenvalue weighted by Crippen LogP contribution is 2.32. The number of oxazole rings is 1. The van der Waals surface area contributed by atoms with E-state index in [1.54, 1.807) is 12.3 Å². The molecular weight excluding hydrogens is 390 g/mol. The molecule has 0 saturated carbocycles. The van der Waals surface area contributed by atoms with Crippen molar-refractivity contribution >= 4 is 17.5 Å². The number of rotatable bonds is 5. The number of benzene rings is 1. The second-order valence-electron chi connectivity index (χ2n) is 7.56. The van der Waals surface area contributed by atoms with E-state index in [0.717, 1.165) is 24.0 Å². The Morgan fingerprint density at radius 2 is 2.14 bits per heavy atom. The number of carbonyl (C=O) groups is 1. The first kappa shape index (κ1) is 19.6. The third kappa shape index (κ3) is 4.18. The van der Waals surface area contributed by atoms with Gasteiger partial charge in [-0.1, -0.05) is 29.8 Å². The number of aromatic nitrogens is 2. The maximum absolute atomic E-state index is 13.3. The molecule has 1 N–H and O–H groups in total. The van der Waals surface area contributed by atoms with Gasteiger partial charge in [-0.3, -0.25) is 4.79 Å². The average Bonchev–Trinajstić information content (AvgIpc) is 3.41. The van der Waals surface area contributed by atoms with E-state index in [-0.39, 0.29) is 12.0 Å². The van der Waals surface area contributed by atoms with E-state index in [9.17, 15) is 4.79 Å². The van der Waals surface area contributed by atoms with E-state index in [0.29, 0.717) is 28.9 Å². The van der Waals surface area contributed by atoms with Gasteiger partial charge in [-0.05, 0) is 44.9 Å². The minimum atomic E-state index is -0.790. The molecule has 7 heteroatoms. The number of hydrogen-bond acceptors (Lipinski definition) is 5. The molecule has 0 spiro atoms. The standard InChI is InChI=1S/C22H22ClN3O3/c1-22(2,21-24-10-12-29-21)26-20(27)19-16(18-7-4-11-28-18)8-9-17(25-19)14-5-3-6-15(23)13-14/h3,5-6,8-10,12-13,18H,4,7,11H2,1-2H3,(H,26,27). The van der Waals surface area contributed by atoms with Gasteiger partial charge in [-0.15, -0.1) is 0 Å². The van der Waals surface area contributed by atoms with Crippen LogP contribution in [-0.2, 0) is 10.3 Å². The first-order valence-electron chi connectivity index (χ1n) is 9.55. The molecule has 29 heavy (non-hydrogen) atoms. The summed E-state index contributed by atoms with van der Waals surface area (Å²) in [6, 6.07) is 11.2. The highest BCUT2D eigenvalue weighted by Gasteiger charge is 2.31. The molecule has 1 amide bonds. The van der Waals surface area contributed by atoms with Crippen molar-refractivity contribution in [2.75, 3.05) is 6.61 Å². The molecule has 1 aliphatic heterocycles. The van der Waals surface area contributed by atoms with Gasteiger partial charge < -0.3 is 14.5 Å². The molecule has 1 aliphatic rings. The predicted octanol–water partition coefficient (Wildman–Crippen LogP) is 4.91. The molecule has 3 heterocycles. The molecule has 1 fully saturated rings. The van der Waals surface area contributed by atoms with Gasteiger partial charge in [0.1, 0.15) is 17.5 Å². The van der Waals surface area contributed by atoms with Crippen LogP contribution < -0.4 is 5.32 Å². The van der Waals surface area contributed by atoms with Gasteiger partial charge in [0, 0.05) is 22.8 Å². The van der Waals surface area contributed by atoms with Crippen molar-refractivity contribution in [1.82, 2.24) is 15.3 Å². The van der Waals surface area contributed by atoms with Crippen molar-refractivity contribution in [3.8, 4) is 11.3 Å². The Bertz CT molecular complexity index is 1010. The molecule has 4 rings (SSSR count). The van der Waals surface area contributed by atoms with Gasteiger partial charge in [0.15, 0.2) is 0 Å². The zero-order valence-corrected chi connectivity index (χ0v) is 17.1. The summed E-state index contributed by atoms with van der Waals surface area (Å²) in [7, 11) is 0. The zero-order chi connectivity index (χ0) is 20.4. The summed E-state index contributed by atoms with van der Waals surface area (Å²) in [5.41, 5.74) is 1.86. The quantitative estimate of drug-likeness (QED) is 0.645. The lowest BCUT2D eigenvalue weighted by molar-refractivity contribution is 0.0870. The SMILES string of the molecule is CC(C)(NC(=O)c1nc(-c2cccc(Cl)c2)ccc1C1CCCO1)c1ncco1. The van der Waals surface area contributed by atoms with Crippen LogP contribution in [0.2, 0.25) is 5.02 Å². The van der Waals surface area contributed by atoms with Gasteiger partial charge >= 0.3 is 0 Å². The Balaban J connectivity index is 1.72. The Kier molecular flexibility index (Phi) is 5.39. The van der Waals surface area contributed by atoms with E-state index in [1.807, 2.05) is 44.2 Å². The zero-order valence-electron chi connectivity index (χ0n) is 16.3. The van der Waals surface area contributed by atoms with Crippen molar-refractivity contribution in [3.05, 3.63) is 71.0 Å². The van der Waals surface area contributed by atoms with Crippen LogP contribution >= 0.6 is 11.6 Å². The van der Waals surface area contributed by atoms with E-state index < -0.39 is 5.54 Å². The van der Waals surface area contributed by atoms with Crippen molar-refractivity contribution in [3.63, 3.8) is 0 Å². The summed E-state index contributed by atoms with van der Waals surface area (Å²) in [5.74, 6) is 0.123. The molecule has 1 atom stereocenters. The molecule has 0 radical (unpaired) electrons. The van der Waals surface area contributed by atoms with Crippen molar-refractivity contribution in [2.45, 2.75) is 38.3 Å². The van der Waals surface area contributed by atoms with E-state index in [1.165, 1.54) is 6.26 Å². The number of nitrogens with zero attached hydrogens (tertiary/aromatic N) is 2. The van der Waals surface area contributed by atoms with Crippen LogP contribution in [0, 0.1) is 0 Å². The smallest absolute Gasteiger partial charge is 0.271 e. The number of halogens is 1. The molecule has 2 aromatic heterocycles. The van der Waals surface area contributed by atoms with Crippen LogP contribution in [0.15, 0.2) is 53.3 Å². The lowest BCUT2D eigenvalue weighted by atomic mass is 10.0. The lowest BCUT2D eigenvalue weighted by Crippen LogP contribution is -2.42. The van der Waals surface area contributed by atoms with Crippen LogP contribution in [-0.4, -0.2) is 22.5 Å². The van der Waals surface area contributed by atoms with Crippen molar-refractivity contribution in [1.29, 1.82) is 0 Å². The first-order valence-corrected chi connectivity index (χ1v) is 9.93. The third-order valence-corrected chi connectivity index (χ3v) is 5.17. The average molecular weight is 412 g/mol.